The lowest BCUT2D eigenvalue weighted by Gasteiger charge is -2.22. The molecule has 1 N–H and O–H groups in total. The molecular formula is C27H29ClN6O3. The van der Waals surface area contributed by atoms with E-state index in [0.717, 1.165) is 24.8 Å². The number of nitrogens with zero attached hydrogens (tertiary/aromatic N) is 5. The number of carbonyl (C=O) groups is 1. The maximum atomic E-state index is 13.3. The third kappa shape index (κ3) is 4.96. The van der Waals surface area contributed by atoms with E-state index < -0.39 is 0 Å². The van der Waals surface area contributed by atoms with Gasteiger partial charge in [0.1, 0.15) is 16.5 Å². The summed E-state index contributed by atoms with van der Waals surface area (Å²) in [6.45, 7) is 5.41. The summed E-state index contributed by atoms with van der Waals surface area (Å²) in [5, 5.41) is 0.330. The van der Waals surface area contributed by atoms with Crippen LogP contribution in [0.1, 0.15) is 49.9 Å². The Kier molecular flexibility index (Phi) is 6.97. The molecule has 0 unspecified atom stereocenters. The summed E-state index contributed by atoms with van der Waals surface area (Å²) in [5.41, 5.74) is 2.28. The van der Waals surface area contributed by atoms with E-state index in [9.17, 15) is 14.4 Å². The molecule has 0 spiro atoms. The number of aromatic amines is 1. The molecule has 4 heterocycles. The van der Waals surface area contributed by atoms with Gasteiger partial charge >= 0.3 is 5.69 Å². The Morgan fingerprint density at radius 3 is 2.43 bits per heavy atom. The third-order valence-corrected chi connectivity index (χ3v) is 6.82. The first-order chi connectivity index (χ1) is 17.9. The van der Waals surface area contributed by atoms with Crippen LogP contribution in [0.15, 0.2) is 52.3 Å². The molecule has 0 aliphatic heterocycles. The molecule has 0 radical (unpaired) electrons. The molecule has 37 heavy (non-hydrogen) atoms. The second kappa shape index (κ2) is 10.3. The van der Waals surface area contributed by atoms with E-state index in [2.05, 4.69) is 15.0 Å². The van der Waals surface area contributed by atoms with Gasteiger partial charge in [0.05, 0.1) is 11.1 Å². The smallest absolute Gasteiger partial charge is 0.331 e. The quantitative estimate of drug-likeness (QED) is 0.327. The summed E-state index contributed by atoms with van der Waals surface area (Å²) in [4.78, 5) is 52.9. The molecule has 1 fully saturated rings. The van der Waals surface area contributed by atoms with Crippen LogP contribution in [0.4, 0.5) is 5.82 Å². The predicted molar refractivity (Wildman–Crippen MR) is 144 cm³/mol. The minimum Gasteiger partial charge on any atom is -0.349 e. The van der Waals surface area contributed by atoms with Gasteiger partial charge in [-0.2, -0.15) is 0 Å². The van der Waals surface area contributed by atoms with Crippen molar-refractivity contribution in [1.29, 1.82) is 0 Å². The largest absolute Gasteiger partial charge is 0.349 e. The number of H-pyrrole nitrogens is 1. The first-order valence-electron chi connectivity index (χ1n) is 12.7. The summed E-state index contributed by atoms with van der Waals surface area (Å²) in [6, 6.07) is 8.76. The lowest BCUT2D eigenvalue weighted by atomic mass is 10.2. The van der Waals surface area contributed by atoms with Crippen molar-refractivity contribution < 1.29 is 4.79 Å². The number of pyridine rings is 2. The highest BCUT2D eigenvalue weighted by Gasteiger charge is 2.29. The Morgan fingerprint density at radius 1 is 1.05 bits per heavy atom. The van der Waals surface area contributed by atoms with E-state index >= 15 is 0 Å². The summed E-state index contributed by atoms with van der Waals surface area (Å²) >= 11 is 5.89. The molecule has 4 aromatic rings. The van der Waals surface area contributed by atoms with Crippen molar-refractivity contribution in [2.24, 2.45) is 5.92 Å². The van der Waals surface area contributed by atoms with Gasteiger partial charge in [-0.05, 0) is 61.9 Å². The standard InChI is InChI=1S/C27H29ClN6O3/c1-3-11-32-21-13-20(31-24(21)26(36)33(12-4-2)27(32)37)18-8-10-23(30-14-18)34(16-17-5-6-17)25(35)19-7-9-22(28)29-15-19/h7-10,13-15,17,31H,3-6,11-12,16H2,1-2H3. The molecule has 5 rings (SSSR count). The number of hydrogen-bond acceptors (Lipinski definition) is 5. The van der Waals surface area contributed by atoms with Crippen molar-refractivity contribution >= 4 is 34.4 Å². The average molecular weight is 521 g/mol. The zero-order valence-corrected chi connectivity index (χ0v) is 21.7. The van der Waals surface area contributed by atoms with Crippen molar-refractivity contribution in [3.8, 4) is 11.3 Å². The van der Waals surface area contributed by atoms with Crippen LogP contribution in [0, 0.1) is 5.92 Å². The van der Waals surface area contributed by atoms with Crippen LogP contribution in [0.3, 0.4) is 0 Å². The Morgan fingerprint density at radius 2 is 1.81 bits per heavy atom. The summed E-state index contributed by atoms with van der Waals surface area (Å²) < 4.78 is 2.96. The fourth-order valence-electron chi connectivity index (χ4n) is 4.51. The monoisotopic (exact) mass is 520 g/mol. The zero-order valence-electron chi connectivity index (χ0n) is 20.9. The second-order valence-corrected chi connectivity index (χ2v) is 9.86. The molecule has 9 nitrogen and oxygen atoms in total. The van der Waals surface area contributed by atoms with Crippen LogP contribution < -0.4 is 16.1 Å². The Bertz CT molecular complexity index is 1550. The van der Waals surface area contributed by atoms with Gasteiger partial charge in [0.2, 0.25) is 0 Å². The number of aromatic nitrogens is 5. The molecule has 1 amide bonds. The van der Waals surface area contributed by atoms with Crippen LogP contribution in [-0.2, 0) is 13.1 Å². The summed E-state index contributed by atoms with van der Waals surface area (Å²) in [6.07, 6.45) is 6.79. The van der Waals surface area contributed by atoms with E-state index in [1.165, 1.54) is 10.8 Å². The highest BCUT2D eigenvalue weighted by molar-refractivity contribution is 6.29. The molecule has 192 valence electrons. The molecular weight excluding hydrogens is 492 g/mol. The van der Waals surface area contributed by atoms with Crippen molar-refractivity contribution in [2.75, 3.05) is 11.4 Å². The van der Waals surface area contributed by atoms with E-state index in [-0.39, 0.29) is 17.2 Å². The van der Waals surface area contributed by atoms with E-state index in [1.807, 2.05) is 26.0 Å². The number of nitrogens with one attached hydrogen (secondary N) is 1. The Labute approximate surface area is 218 Å². The summed E-state index contributed by atoms with van der Waals surface area (Å²) in [5.74, 6) is 0.821. The van der Waals surface area contributed by atoms with Crippen LogP contribution in [0.25, 0.3) is 22.3 Å². The van der Waals surface area contributed by atoms with Gasteiger partial charge in [0.25, 0.3) is 11.5 Å². The van der Waals surface area contributed by atoms with Crippen LogP contribution in [0.5, 0.6) is 0 Å². The number of fused-ring (bicyclic) bond motifs is 1. The molecule has 0 saturated heterocycles. The van der Waals surface area contributed by atoms with Crippen molar-refractivity contribution in [3.05, 3.63) is 74.3 Å². The van der Waals surface area contributed by atoms with Crippen molar-refractivity contribution in [1.82, 2.24) is 24.1 Å². The van der Waals surface area contributed by atoms with E-state index in [1.54, 1.807) is 33.9 Å². The fraction of sp³-hybridized carbons (Fsp3) is 0.370. The minimum atomic E-state index is -0.317. The lowest BCUT2D eigenvalue weighted by Crippen LogP contribution is -2.39. The summed E-state index contributed by atoms with van der Waals surface area (Å²) in [7, 11) is 0. The minimum absolute atomic E-state index is 0.179. The second-order valence-electron chi connectivity index (χ2n) is 9.47. The fourth-order valence-corrected chi connectivity index (χ4v) is 4.62. The molecule has 1 aliphatic carbocycles. The Balaban J connectivity index is 1.51. The molecule has 0 bridgehead atoms. The lowest BCUT2D eigenvalue weighted by molar-refractivity contribution is 0.0984. The maximum Gasteiger partial charge on any atom is 0.331 e. The third-order valence-electron chi connectivity index (χ3n) is 6.60. The molecule has 1 aliphatic rings. The number of carbonyl (C=O) groups excluding carboxylic acids is 1. The van der Waals surface area contributed by atoms with Gasteiger partial charge in [-0.25, -0.2) is 14.8 Å². The highest BCUT2D eigenvalue weighted by atomic mass is 35.5. The van der Waals surface area contributed by atoms with Gasteiger partial charge in [-0.15, -0.1) is 0 Å². The zero-order chi connectivity index (χ0) is 26.1. The number of amides is 1. The van der Waals surface area contributed by atoms with Crippen LogP contribution in [0.2, 0.25) is 5.15 Å². The number of halogens is 1. The van der Waals surface area contributed by atoms with Gasteiger partial charge in [-0.1, -0.05) is 25.4 Å². The van der Waals surface area contributed by atoms with E-state index in [4.69, 9.17) is 11.6 Å². The van der Waals surface area contributed by atoms with Crippen LogP contribution in [-0.4, -0.2) is 36.5 Å². The van der Waals surface area contributed by atoms with Gasteiger partial charge in [-0.3, -0.25) is 23.6 Å². The first kappa shape index (κ1) is 25.0. The number of rotatable bonds is 9. The SMILES string of the molecule is CCCn1c(=O)c2[nH]c(-c3ccc(N(CC4CC4)C(=O)c4ccc(Cl)nc4)nc3)cc2n(CCC)c1=O. The van der Waals surface area contributed by atoms with E-state index in [0.29, 0.717) is 65.2 Å². The number of aryl methyl sites for hydroxylation is 1. The number of hydrogen-bond donors (Lipinski definition) is 1. The molecule has 1 saturated carbocycles. The van der Waals surface area contributed by atoms with Crippen molar-refractivity contribution in [3.63, 3.8) is 0 Å². The van der Waals surface area contributed by atoms with Gasteiger partial charge in [0, 0.05) is 43.3 Å². The maximum absolute atomic E-state index is 13.3. The van der Waals surface area contributed by atoms with Gasteiger partial charge < -0.3 is 4.98 Å². The average Bonchev–Trinajstić information content (AvgIpc) is 3.63. The molecule has 0 aromatic carbocycles. The van der Waals surface area contributed by atoms with Crippen molar-refractivity contribution in [2.45, 2.75) is 52.6 Å². The predicted octanol–water partition coefficient (Wildman–Crippen LogP) is 4.48. The first-order valence-corrected chi connectivity index (χ1v) is 13.0. The molecule has 10 heteroatoms. The normalized spacial score (nSPS) is 13.3. The number of anilines is 1. The Hall–Kier alpha value is -3.72. The molecule has 4 aromatic heterocycles. The molecule has 0 atom stereocenters. The van der Waals surface area contributed by atoms with Gasteiger partial charge in [0.15, 0.2) is 0 Å². The highest BCUT2D eigenvalue weighted by Crippen LogP contribution is 2.32. The van der Waals surface area contributed by atoms with Crippen LogP contribution >= 0.6 is 11.6 Å². The topological polar surface area (TPSA) is 106 Å².